The van der Waals surface area contributed by atoms with E-state index in [0.717, 1.165) is 0 Å². The molecule has 60 heavy (non-hydrogen) atoms. The largest absolute Gasteiger partial charge is 0.358 e. The Bertz CT molecular complexity index is 821. The number of rotatable bonds is 12. The number of halogens is 4. The summed E-state index contributed by atoms with van der Waals surface area (Å²) in [4.78, 5) is 0. The van der Waals surface area contributed by atoms with Gasteiger partial charge < -0.3 is 14.9 Å². The standard InChI is InChI=1S/3C15H29P.2C2H4.2CH3.4ClH.2Ru/c3*1-2-13-16(14-9-5-3-6-10-14)15-11-7-4-8-12-15;2*1-2;;;;;;;;/h3*14-15H,2-13H2,1H3;2*1H,2H3;2*1H3;4*1H;;/q;;;;;2*-1;;;;;2*+2/p-2. The molecule has 0 heterocycles. The molecule has 0 nitrogen and oxygen atoms in total. The van der Waals surface area contributed by atoms with Crippen LogP contribution in [0.25, 0.3) is 0 Å². The molecule has 0 saturated heterocycles. The van der Waals surface area contributed by atoms with Crippen molar-refractivity contribution in [2.75, 3.05) is 18.5 Å². The molecule has 6 aliphatic carbocycles. The van der Waals surface area contributed by atoms with Gasteiger partial charge in [-0.1, -0.05) is 91.4 Å². The maximum Gasteiger partial charge on any atom is -0.358 e. The minimum Gasteiger partial charge on any atom is -0.358 e. The van der Waals surface area contributed by atoms with Gasteiger partial charge >= 0.3 is 88.9 Å². The van der Waals surface area contributed by atoms with E-state index in [1.165, 1.54) is 91.7 Å². The first-order valence-electron chi connectivity index (χ1n) is 25.3. The van der Waals surface area contributed by atoms with Crippen LogP contribution in [0.4, 0.5) is 0 Å². The summed E-state index contributed by atoms with van der Waals surface area (Å²) in [6.45, 7) is 11.0. The fraction of sp³-hybridized carbons (Fsp3) is 0.922. The van der Waals surface area contributed by atoms with Crippen LogP contribution in [0.2, 0.25) is 0 Å². The molecular formula is C51H103Cl4P3Ru2. The summed E-state index contributed by atoms with van der Waals surface area (Å²) in [5, 5.41) is 0. The maximum atomic E-state index is 5.32. The second-order valence-corrected chi connectivity index (χ2v) is 40.6. The van der Waals surface area contributed by atoms with Crippen molar-refractivity contribution in [3.63, 3.8) is 0 Å². The van der Waals surface area contributed by atoms with Crippen molar-refractivity contribution in [3.05, 3.63) is 14.9 Å². The molecule has 366 valence electrons. The van der Waals surface area contributed by atoms with Gasteiger partial charge in [-0.25, -0.2) is 0 Å². The fourth-order valence-corrected chi connectivity index (χ4v) is 24.3. The minimum atomic E-state index is -1.36. The monoisotopic (exact) mass is 1150 g/mol. The van der Waals surface area contributed by atoms with Crippen LogP contribution in [0.3, 0.4) is 0 Å². The normalized spacial score (nSPS) is 21.9. The Hall–Kier alpha value is 3.44. The Morgan fingerprint density at radius 1 is 0.400 bits per heavy atom. The second-order valence-electron chi connectivity index (χ2n) is 18.6. The first-order chi connectivity index (χ1) is 28.3. The third-order valence-electron chi connectivity index (χ3n) is 14.5. The molecule has 0 aromatic heterocycles. The Kier molecular flexibility index (Phi) is 45.0. The van der Waals surface area contributed by atoms with Gasteiger partial charge in [0, 0.05) is 15.8 Å². The summed E-state index contributed by atoms with van der Waals surface area (Å²) in [6.07, 6.45) is 56.1. The van der Waals surface area contributed by atoms with E-state index in [2.05, 4.69) is 20.8 Å². The quantitative estimate of drug-likeness (QED) is 0.104. The Balaban J connectivity index is 0.000000770. The molecule has 0 atom stereocenters. The van der Waals surface area contributed by atoms with Gasteiger partial charge in [0.15, 0.2) is 0 Å². The third kappa shape index (κ3) is 28.7. The van der Waals surface area contributed by atoms with Crippen LogP contribution >= 0.6 is 62.5 Å². The molecule has 0 amide bonds. The summed E-state index contributed by atoms with van der Waals surface area (Å²) >= 11 is -2.73. The van der Waals surface area contributed by atoms with E-state index in [9.17, 15) is 0 Å². The molecule has 6 fully saturated rings. The molecule has 6 saturated carbocycles. The summed E-state index contributed by atoms with van der Waals surface area (Å²) in [5.41, 5.74) is 7.19. The van der Waals surface area contributed by atoms with E-state index in [1.54, 1.807) is 173 Å². The van der Waals surface area contributed by atoms with Crippen molar-refractivity contribution in [1.82, 2.24) is 0 Å². The molecule has 6 rings (SSSR count). The average molecular weight is 1150 g/mol. The zero-order chi connectivity index (χ0) is 42.2. The summed E-state index contributed by atoms with van der Waals surface area (Å²) in [6, 6.07) is 0. The van der Waals surface area contributed by atoms with E-state index < -0.39 is 27.0 Å². The molecule has 0 spiro atoms. The van der Waals surface area contributed by atoms with Gasteiger partial charge in [0.2, 0.25) is 0 Å². The van der Waals surface area contributed by atoms with Crippen LogP contribution in [-0.2, 0) is 27.0 Å². The van der Waals surface area contributed by atoms with E-state index in [-0.39, 0.29) is 30.7 Å². The van der Waals surface area contributed by atoms with Gasteiger partial charge in [0.05, 0.1) is 35.0 Å². The van der Waals surface area contributed by atoms with Crippen LogP contribution < -0.4 is 0 Å². The van der Waals surface area contributed by atoms with E-state index >= 15 is 0 Å². The van der Waals surface area contributed by atoms with Gasteiger partial charge in [0.25, 0.3) is 0 Å². The topological polar surface area (TPSA) is 0 Å². The van der Waals surface area contributed by atoms with Gasteiger partial charge in [0.1, 0.15) is 0 Å². The summed E-state index contributed by atoms with van der Waals surface area (Å²) in [5.74, 6) is 0. The van der Waals surface area contributed by atoms with Crippen LogP contribution in [0, 0.1) is 14.9 Å². The van der Waals surface area contributed by atoms with Crippen molar-refractivity contribution in [1.29, 1.82) is 0 Å². The number of hydrogen-bond acceptors (Lipinski definition) is 0. The zero-order valence-corrected chi connectivity index (χ0v) is 50.1. The van der Waals surface area contributed by atoms with Gasteiger partial charge in [-0.15, -0.1) is 7.92 Å². The average Bonchev–Trinajstić information content (AvgIpc) is 3.29. The van der Waals surface area contributed by atoms with Crippen LogP contribution in [0.5, 0.6) is 0 Å². The van der Waals surface area contributed by atoms with Crippen LogP contribution in [0.15, 0.2) is 0 Å². The molecule has 6 aliphatic rings. The SMILES string of the molecule is CCCP(C1CCCCC1)C1CCCCC1.CCC[PH+](C1CCCCC1)C1CCCCC1.CCC[PH+](C1CCCCC1)C1CCCCC1.C[CH]=[Ru]([Cl])[Cl].C[CH]=[Ru]([Cl])[Cl].[CH3-].[CH3-]. The molecule has 0 radical (unpaired) electrons. The summed E-state index contributed by atoms with van der Waals surface area (Å²) in [7, 11) is 21.7. The van der Waals surface area contributed by atoms with Crippen molar-refractivity contribution in [2.24, 2.45) is 0 Å². The Morgan fingerprint density at radius 3 is 0.800 bits per heavy atom. The predicted molar refractivity (Wildman–Crippen MR) is 290 cm³/mol. The van der Waals surface area contributed by atoms with Gasteiger partial charge in [-0.3, -0.25) is 0 Å². The van der Waals surface area contributed by atoms with E-state index in [0.29, 0.717) is 7.92 Å². The predicted octanol–water partition coefficient (Wildman–Crippen LogP) is 20.5. The molecule has 0 aromatic rings. The fourth-order valence-electron chi connectivity index (χ4n) is 11.7. The van der Waals surface area contributed by atoms with Gasteiger partial charge in [-0.05, 0) is 159 Å². The van der Waals surface area contributed by atoms with Crippen LogP contribution in [-0.4, -0.2) is 61.7 Å². The first-order valence-corrected chi connectivity index (χ1v) is 41.7. The molecule has 9 heteroatoms. The first kappa shape index (κ1) is 63.4. The van der Waals surface area contributed by atoms with Crippen LogP contribution in [0.1, 0.15) is 247 Å². The van der Waals surface area contributed by atoms with E-state index in [4.69, 9.17) is 38.8 Å². The molecule has 0 unspecified atom stereocenters. The van der Waals surface area contributed by atoms with E-state index in [1.807, 2.05) is 23.1 Å². The zero-order valence-electron chi connectivity index (χ0n) is 40.7. The van der Waals surface area contributed by atoms with Crippen molar-refractivity contribution < 1.29 is 27.0 Å². The van der Waals surface area contributed by atoms with Crippen molar-refractivity contribution >= 4 is 71.7 Å². The molecule has 0 aliphatic heterocycles. The van der Waals surface area contributed by atoms with Crippen molar-refractivity contribution in [3.8, 4) is 0 Å². The molecule has 0 bridgehead atoms. The second kappa shape index (κ2) is 42.5. The molecular weight excluding hydrogens is 1050 g/mol. The molecule has 0 N–H and O–H groups in total. The smallest absolute Gasteiger partial charge is 0.358 e. The third-order valence-corrected chi connectivity index (χ3v) is 32.2. The summed E-state index contributed by atoms with van der Waals surface area (Å²) < 4.78 is 3.68. The number of hydrogen-bond donors (Lipinski definition) is 0. The molecule has 0 aromatic carbocycles. The Labute approximate surface area is 408 Å². The Morgan fingerprint density at radius 2 is 0.617 bits per heavy atom. The minimum absolute atomic E-state index is 0. The van der Waals surface area contributed by atoms with Gasteiger partial charge in [-0.2, -0.15) is 0 Å². The maximum absolute atomic E-state index is 5.32. The van der Waals surface area contributed by atoms with Crippen molar-refractivity contribution in [2.45, 2.75) is 280 Å².